The first kappa shape index (κ1) is 19.1. The molecular formula is C20H28N2O3S. The van der Waals surface area contributed by atoms with Gasteiger partial charge in [0.1, 0.15) is 17.5 Å². The van der Waals surface area contributed by atoms with Gasteiger partial charge in [0.15, 0.2) is 0 Å². The highest BCUT2D eigenvalue weighted by atomic mass is 32.1. The molecule has 0 atom stereocenters. The van der Waals surface area contributed by atoms with Crippen LogP contribution in [0, 0.1) is 25.2 Å². The van der Waals surface area contributed by atoms with Crippen LogP contribution in [-0.2, 0) is 16.1 Å². The van der Waals surface area contributed by atoms with E-state index in [0.717, 1.165) is 41.0 Å². The average molecular weight is 377 g/mol. The summed E-state index contributed by atoms with van der Waals surface area (Å²) in [4.78, 5) is 31.1. The zero-order valence-electron chi connectivity index (χ0n) is 16.3. The molecule has 0 radical (unpaired) electrons. The molecule has 2 heterocycles. The Bertz CT molecular complexity index is 868. The van der Waals surface area contributed by atoms with Gasteiger partial charge in [0.05, 0.1) is 11.7 Å². The Morgan fingerprint density at radius 1 is 1.27 bits per heavy atom. The summed E-state index contributed by atoms with van der Waals surface area (Å²) in [5.74, 6) is 0.327. The highest BCUT2D eigenvalue weighted by Gasteiger charge is 2.31. The quantitative estimate of drug-likeness (QED) is 0.753. The topological polar surface area (TPSA) is 61.2 Å². The number of aromatic nitrogens is 2. The van der Waals surface area contributed by atoms with Gasteiger partial charge in [0.2, 0.25) is 0 Å². The van der Waals surface area contributed by atoms with Crippen LogP contribution in [0.4, 0.5) is 0 Å². The summed E-state index contributed by atoms with van der Waals surface area (Å²) in [6.07, 6.45) is 5.41. The van der Waals surface area contributed by atoms with Gasteiger partial charge in [-0.15, -0.1) is 11.3 Å². The van der Waals surface area contributed by atoms with Gasteiger partial charge in [0.25, 0.3) is 5.56 Å². The number of carbonyl (C=O) groups is 1. The molecule has 0 saturated heterocycles. The summed E-state index contributed by atoms with van der Waals surface area (Å²) in [5.41, 5.74) is 1.09. The number of hydrogen-bond donors (Lipinski definition) is 0. The first-order valence-electron chi connectivity index (χ1n) is 9.31. The fourth-order valence-electron chi connectivity index (χ4n) is 3.79. The molecule has 1 aliphatic rings. The summed E-state index contributed by atoms with van der Waals surface area (Å²) in [6.45, 7) is 10.6. The number of nitrogens with zero attached hydrogens (tertiary/aromatic N) is 2. The third-order valence-corrected chi connectivity index (χ3v) is 6.77. The minimum absolute atomic E-state index is 0.0291. The van der Waals surface area contributed by atoms with Crippen molar-refractivity contribution in [2.45, 2.75) is 73.0 Å². The lowest BCUT2D eigenvalue weighted by Crippen LogP contribution is -2.32. The Balaban J connectivity index is 1.64. The minimum Gasteiger partial charge on any atom is -0.461 e. The van der Waals surface area contributed by atoms with Crippen molar-refractivity contribution in [2.75, 3.05) is 0 Å². The lowest BCUT2D eigenvalue weighted by Gasteiger charge is -2.36. The molecule has 142 valence electrons. The molecule has 0 N–H and O–H groups in total. The third kappa shape index (κ3) is 3.85. The molecule has 5 nitrogen and oxygen atoms in total. The molecule has 0 aliphatic heterocycles. The number of aryl methyl sites for hydroxylation is 2. The number of rotatable bonds is 3. The van der Waals surface area contributed by atoms with Crippen LogP contribution in [0.3, 0.4) is 0 Å². The van der Waals surface area contributed by atoms with Gasteiger partial charge < -0.3 is 4.74 Å². The maximum absolute atomic E-state index is 12.7. The molecule has 0 aromatic carbocycles. The molecule has 0 amide bonds. The number of carbonyl (C=O) groups excluding carboxylic acids is 1. The van der Waals surface area contributed by atoms with Crippen molar-refractivity contribution >= 4 is 27.5 Å². The summed E-state index contributed by atoms with van der Waals surface area (Å²) >= 11 is 1.51. The van der Waals surface area contributed by atoms with E-state index in [1.807, 2.05) is 13.8 Å². The smallest absolute Gasteiger partial charge is 0.326 e. The highest BCUT2D eigenvalue weighted by molar-refractivity contribution is 7.18. The molecule has 2 aromatic rings. The van der Waals surface area contributed by atoms with Crippen LogP contribution in [0.15, 0.2) is 11.1 Å². The minimum atomic E-state index is -0.350. The van der Waals surface area contributed by atoms with Crippen LogP contribution in [0.2, 0.25) is 0 Å². The SMILES string of the molecule is Cc1sc2ncn(CC(=O)OC3CCC(C(C)(C)C)CC3)c(=O)c2c1C. The maximum Gasteiger partial charge on any atom is 0.326 e. The molecule has 1 aliphatic carbocycles. The predicted octanol–water partition coefficient (Wildman–Crippen LogP) is 4.22. The first-order valence-corrected chi connectivity index (χ1v) is 10.1. The second-order valence-corrected chi connectivity index (χ2v) is 9.67. The number of esters is 1. The lowest BCUT2D eigenvalue weighted by atomic mass is 9.72. The Kier molecular flexibility index (Phi) is 5.24. The maximum atomic E-state index is 12.7. The second kappa shape index (κ2) is 7.14. The van der Waals surface area contributed by atoms with E-state index in [0.29, 0.717) is 16.7 Å². The zero-order chi connectivity index (χ0) is 19.1. The van der Waals surface area contributed by atoms with Gasteiger partial charge in [-0.05, 0) is 56.4 Å². The van der Waals surface area contributed by atoms with Gasteiger partial charge in [-0.2, -0.15) is 0 Å². The molecule has 0 unspecified atom stereocenters. The van der Waals surface area contributed by atoms with Crippen LogP contribution < -0.4 is 5.56 Å². The second-order valence-electron chi connectivity index (χ2n) is 8.47. The van der Waals surface area contributed by atoms with E-state index in [-0.39, 0.29) is 24.2 Å². The van der Waals surface area contributed by atoms with Crippen molar-refractivity contribution in [3.63, 3.8) is 0 Å². The standard InChI is InChI=1S/C20H28N2O3S/c1-12-13(2)26-18-17(12)19(24)22(11-21-18)10-16(23)25-15-8-6-14(7-9-15)20(3,4)5/h11,14-15H,6-10H2,1-5H3. The molecule has 2 aromatic heterocycles. The zero-order valence-corrected chi connectivity index (χ0v) is 17.1. The van der Waals surface area contributed by atoms with E-state index < -0.39 is 0 Å². The fraction of sp³-hybridized carbons (Fsp3) is 0.650. The monoisotopic (exact) mass is 376 g/mol. The van der Waals surface area contributed by atoms with Crippen LogP contribution in [-0.4, -0.2) is 21.6 Å². The number of fused-ring (bicyclic) bond motifs is 1. The summed E-state index contributed by atoms with van der Waals surface area (Å²) in [7, 11) is 0. The molecule has 3 rings (SSSR count). The number of thiophene rings is 1. The summed E-state index contributed by atoms with van der Waals surface area (Å²) in [5, 5.41) is 0.619. The van der Waals surface area contributed by atoms with Gasteiger partial charge >= 0.3 is 5.97 Å². The Morgan fingerprint density at radius 2 is 1.92 bits per heavy atom. The van der Waals surface area contributed by atoms with Crippen LogP contribution >= 0.6 is 11.3 Å². The fourth-order valence-corrected chi connectivity index (χ4v) is 4.78. The van der Waals surface area contributed by atoms with Crippen LogP contribution in [0.5, 0.6) is 0 Å². The van der Waals surface area contributed by atoms with Crippen LogP contribution in [0.1, 0.15) is 56.9 Å². The Morgan fingerprint density at radius 3 is 2.54 bits per heavy atom. The Labute approximate surface area is 158 Å². The van der Waals surface area contributed by atoms with Crippen molar-refractivity contribution in [1.82, 2.24) is 9.55 Å². The summed E-state index contributed by atoms with van der Waals surface area (Å²) < 4.78 is 7.00. The lowest BCUT2D eigenvalue weighted by molar-refractivity contribution is -0.152. The summed E-state index contributed by atoms with van der Waals surface area (Å²) in [6, 6.07) is 0. The number of ether oxygens (including phenoxy) is 1. The van der Waals surface area contributed by atoms with E-state index >= 15 is 0 Å². The van der Waals surface area contributed by atoms with Gasteiger partial charge in [0, 0.05) is 4.88 Å². The van der Waals surface area contributed by atoms with Crippen LogP contribution in [0.25, 0.3) is 10.2 Å². The van der Waals surface area contributed by atoms with Gasteiger partial charge in [-0.3, -0.25) is 14.2 Å². The largest absolute Gasteiger partial charge is 0.461 e. The molecule has 6 heteroatoms. The Hall–Kier alpha value is -1.69. The molecule has 1 fully saturated rings. The average Bonchev–Trinajstić information content (AvgIpc) is 2.85. The van der Waals surface area contributed by atoms with E-state index in [4.69, 9.17) is 4.74 Å². The highest BCUT2D eigenvalue weighted by Crippen LogP contribution is 2.38. The van der Waals surface area contributed by atoms with Crippen molar-refractivity contribution < 1.29 is 9.53 Å². The molecule has 0 bridgehead atoms. The van der Waals surface area contributed by atoms with E-state index in [1.165, 1.54) is 22.2 Å². The van der Waals surface area contributed by atoms with E-state index in [9.17, 15) is 9.59 Å². The third-order valence-electron chi connectivity index (χ3n) is 5.65. The van der Waals surface area contributed by atoms with Crippen molar-refractivity contribution in [1.29, 1.82) is 0 Å². The number of hydrogen-bond acceptors (Lipinski definition) is 5. The molecule has 1 saturated carbocycles. The molecule has 26 heavy (non-hydrogen) atoms. The van der Waals surface area contributed by atoms with E-state index in [2.05, 4.69) is 25.8 Å². The van der Waals surface area contributed by atoms with Crippen molar-refractivity contribution in [2.24, 2.45) is 11.3 Å². The molecule has 0 spiro atoms. The van der Waals surface area contributed by atoms with Crippen molar-refractivity contribution in [3.05, 3.63) is 27.1 Å². The first-order chi connectivity index (χ1) is 12.2. The normalized spacial score (nSPS) is 21.1. The molecular weight excluding hydrogens is 348 g/mol. The van der Waals surface area contributed by atoms with E-state index in [1.54, 1.807) is 0 Å². The van der Waals surface area contributed by atoms with Gasteiger partial charge in [-0.1, -0.05) is 20.8 Å². The predicted molar refractivity (Wildman–Crippen MR) is 105 cm³/mol. The van der Waals surface area contributed by atoms with Gasteiger partial charge in [-0.25, -0.2) is 4.98 Å². The van der Waals surface area contributed by atoms with Crippen molar-refractivity contribution in [3.8, 4) is 0 Å².